The summed E-state index contributed by atoms with van der Waals surface area (Å²) < 4.78 is 0.588. The number of rotatable bonds is 1. The van der Waals surface area contributed by atoms with Gasteiger partial charge in [0.2, 0.25) is 0 Å². The average molecular weight is 378 g/mol. The number of hydrogen-bond acceptors (Lipinski definition) is 0. The molecule has 0 radical (unpaired) electrons. The van der Waals surface area contributed by atoms with Crippen molar-refractivity contribution in [1.29, 1.82) is 0 Å². The van der Waals surface area contributed by atoms with Crippen molar-refractivity contribution in [2.45, 2.75) is 49.1 Å². The van der Waals surface area contributed by atoms with Crippen molar-refractivity contribution in [2.75, 3.05) is 0 Å². The molecule has 0 spiro atoms. The van der Waals surface area contributed by atoms with Crippen LogP contribution in [0, 0.1) is 5.92 Å². The van der Waals surface area contributed by atoms with Crippen LogP contribution in [0.3, 0.4) is 0 Å². The van der Waals surface area contributed by atoms with E-state index in [2.05, 4.69) is 26.0 Å². The maximum absolute atomic E-state index is 2.43. The van der Waals surface area contributed by atoms with Crippen molar-refractivity contribution < 1.29 is 24.4 Å². The second-order valence-electron chi connectivity index (χ2n) is 5.72. The first-order valence-corrected chi connectivity index (χ1v) is 8.31. The zero-order valence-electron chi connectivity index (χ0n) is 10.3. The van der Waals surface area contributed by atoms with E-state index in [9.17, 15) is 0 Å². The third-order valence-electron chi connectivity index (χ3n) is 4.59. The van der Waals surface area contributed by atoms with Gasteiger partial charge in [-0.25, -0.2) is 0 Å². The molecule has 1 atom stereocenters. The molecule has 0 aliphatic heterocycles. The molecule has 0 amide bonds. The number of fused-ring (bicyclic) bond motifs is 3. The molecule has 2 aliphatic rings. The predicted octanol–water partition coefficient (Wildman–Crippen LogP) is 3.52. The van der Waals surface area contributed by atoms with E-state index >= 15 is 0 Å². The summed E-state index contributed by atoms with van der Waals surface area (Å²) in [6, 6.07) is 4.84. The van der Waals surface area contributed by atoms with Crippen molar-refractivity contribution in [1.82, 2.24) is 0 Å². The molecule has 0 fully saturated rings. The molecule has 0 N–H and O–H groups in total. The van der Waals surface area contributed by atoms with Gasteiger partial charge in [0.25, 0.3) is 0 Å². The third kappa shape index (κ3) is 1.43. The van der Waals surface area contributed by atoms with Gasteiger partial charge in [-0.15, -0.1) is 0 Å². The molecule has 1 unspecified atom stereocenters. The molecule has 0 saturated heterocycles. The summed E-state index contributed by atoms with van der Waals surface area (Å²) in [4.78, 5) is 0. The molecule has 16 heavy (non-hydrogen) atoms. The quantitative estimate of drug-likeness (QED) is 0.657. The molecule has 0 bridgehead atoms. The standard InChI is InChI=1S/C15H19.Hf/c1-10(2)13-9-8-12-7-6-11-4-3-5-14(11)15(12)13;/h6-7,10H,3-5,8-9H2,1-2H3;. The molecule has 2 aliphatic carbocycles. The van der Waals surface area contributed by atoms with E-state index in [0.29, 0.717) is 3.17 Å². The first kappa shape index (κ1) is 11.2. The Morgan fingerprint density at radius 3 is 2.62 bits per heavy atom. The van der Waals surface area contributed by atoms with E-state index < -0.39 is 0 Å². The van der Waals surface area contributed by atoms with Gasteiger partial charge >= 0.3 is 114 Å². The molecule has 0 heterocycles. The van der Waals surface area contributed by atoms with E-state index in [1.54, 1.807) is 16.7 Å². The Morgan fingerprint density at radius 2 is 1.88 bits per heavy atom. The zero-order valence-corrected chi connectivity index (χ0v) is 13.9. The monoisotopic (exact) mass is 379 g/mol. The predicted molar refractivity (Wildman–Crippen MR) is 63.3 cm³/mol. The van der Waals surface area contributed by atoms with Crippen molar-refractivity contribution in [2.24, 2.45) is 5.92 Å². The first-order chi connectivity index (χ1) is 7.63. The van der Waals surface area contributed by atoms with Gasteiger partial charge in [0.15, 0.2) is 0 Å². The first-order valence-electron chi connectivity index (χ1n) is 6.52. The number of hydrogen-bond donors (Lipinski definition) is 0. The summed E-state index contributed by atoms with van der Waals surface area (Å²) in [6.45, 7) is 4.85. The van der Waals surface area contributed by atoms with Crippen molar-refractivity contribution in [3.05, 3.63) is 34.4 Å². The summed E-state index contributed by atoms with van der Waals surface area (Å²) in [5.41, 5.74) is 6.92. The Morgan fingerprint density at radius 1 is 1.12 bits per heavy atom. The van der Waals surface area contributed by atoms with Crippen LogP contribution in [0.2, 0.25) is 0 Å². The van der Waals surface area contributed by atoms with Gasteiger partial charge < -0.3 is 0 Å². The summed E-state index contributed by atoms with van der Waals surface area (Å²) >= 11 is 1.32. The van der Waals surface area contributed by atoms with E-state index in [4.69, 9.17) is 0 Å². The van der Waals surface area contributed by atoms with Crippen molar-refractivity contribution in [3.8, 4) is 0 Å². The van der Waals surface area contributed by atoms with Crippen LogP contribution in [0.1, 0.15) is 48.9 Å². The minimum absolute atomic E-state index is 0.588. The molecule has 1 heteroatoms. The van der Waals surface area contributed by atoms with Crippen LogP contribution >= 0.6 is 0 Å². The average Bonchev–Trinajstić information content (AvgIpc) is 2.82. The molecule has 1 aromatic carbocycles. The van der Waals surface area contributed by atoms with Gasteiger partial charge in [-0.1, -0.05) is 0 Å². The zero-order chi connectivity index (χ0) is 11.3. The fourth-order valence-corrected chi connectivity index (χ4v) is 5.08. The Kier molecular flexibility index (Phi) is 2.66. The van der Waals surface area contributed by atoms with Crippen LogP contribution in [-0.2, 0) is 46.8 Å². The molecule has 0 aromatic heterocycles. The van der Waals surface area contributed by atoms with Crippen LogP contribution in [-0.4, -0.2) is 0 Å². The van der Waals surface area contributed by atoms with Crippen LogP contribution in [0.4, 0.5) is 0 Å². The molecule has 3 rings (SSSR count). The van der Waals surface area contributed by atoms with Gasteiger partial charge in [-0.2, -0.15) is 0 Å². The Hall–Kier alpha value is 0.0901. The summed E-state index contributed by atoms with van der Waals surface area (Å²) in [5, 5.41) is 0. The maximum atomic E-state index is 2.43. The topological polar surface area (TPSA) is 0 Å². The number of aryl methyl sites for hydroxylation is 2. The Balaban J connectivity index is 2.21. The van der Waals surface area contributed by atoms with Crippen LogP contribution in [0.25, 0.3) is 0 Å². The second-order valence-corrected chi connectivity index (χ2v) is 8.92. The molecule has 0 nitrogen and oxygen atoms in total. The summed E-state index contributed by atoms with van der Waals surface area (Å²) in [6.07, 6.45) is 6.84. The molecular formula is C15H19Hf. The molecular weight excluding hydrogens is 359 g/mol. The van der Waals surface area contributed by atoms with Gasteiger partial charge in [0.1, 0.15) is 0 Å². The molecule has 83 valence electrons. The van der Waals surface area contributed by atoms with Gasteiger partial charge in [-0.3, -0.25) is 0 Å². The van der Waals surface area contributed by atoms with Crippen LogP contribution in [0.5, 0.6) is 0 Å². The van der Waals surface area contributed by atoms with Crippen LogP contribution < -0.4 is 0 Å². The van der Waals surface area contributed by atoms with Gasteiger partial charge in [-0.05, 0) is 0 Å². The molecule has 1 aromatic rings. The van der Waals surface area contributed by atoms with E-state index in [0.717, 1.165) is 5.92 Å². The van der Waals surface area contributed by atoms with Gasteiger partial charge in [0.05, 0.1) is 0 Å². The number of benzene rings is 1. The second kappa shape index (κ2) is 3.80. The van der Waals surface area contributed by atoms with E-state index in [1.807, 2.05) is 5.56 Å². The fourth-order valence-electron chi connectivity index (χ4n) is 3.51. The normalized spacial score (nSPS) is 27.1. The summed E-state index contributed by atoms with van der Waals surface area (Å²) in [7, 11) is 0. The van der Waals surface area contributed by atoms with Gasteiger partial charge in [0, 0.05) is 0 Å². The Labute approximate surface area is 113 Å². The third-order valence-corrected chi connectivity index (χ3v) is 8.46. The Bertz CT molecular complexity index is 433. The SMILES string of the molecule is CC(C)[C]1([Hf])CCc2ccc3c(c21)CCC3. The molecule has 0 saturated carbocycles. The van der Waals surface area contributed by atoms with Crippen molar-refractivity contribution >= 4 is 0 Å². The van der Waals surface area contributed by atoms with Crippen molar-refractivity contribution in [3.63, 3.8) is 0 Å². The fraction of sp³-hybridized carbons (Fsp3) is 0.600. The van der Waals surface area contributed by atoms with Crippen LogP contribution in [0.15, 0.2) is 12.1 Å². The minimum atomic E-state index is 0.588. The van der Waals surface area contributed by atoms with E-state index in [1.165, 1.54) is 56.5 Å². The summed E-state index contributed by atoms with van der Waals surface area (Å²) in [5.74, 6) is 0.826. The van der Waals surface area contributed by atoms with E-state index in [-0.39, 0.29) is 0 Å².